The first kappa shape index (κ1) is 23.6. The van der Waals surface area contributed by atoms with Crippen molar-refractivity contribution in [2.45, 2.75) is 31.3 Å². The minimum Gasteiger partial charge on any atom is -0.497 e. The van der Waals surface area contributed by atoms with Crippen LogP contribution >= 0.6 is 0 Å². The van der Waals surface area contributed by atoms with Crippen LogP contribution in [0.1, 0.15) is 29.5 Å². The second kappa shape index (κ2) is 9.49. The summed E-state index contributed by atoms with van der Waals surface area (Å²) in [7, 11) is 3.16. The van der Waals surface area contributed by atoms with E-state index in [1.54, 1.807) is 33.2 Å². The summed E-state index contributed by atoms with van der Waals surface area (Å²) in [6.45, 7) is 1.69. The molecule has 0 saturated carbocycles. The zero-order valence-electron chi connectivity index (χ0n) is 20.5. The van der Waals surface area contributed by atoms with E-state index in [1.165, 1.54) is 4.90 Å². The van der Waals surface area contributed by atoms with Gasteiger partial charge in [-0.2, -0.15) is 0 Å². The van der Waals surface area contributed by atoms with E-state index in [0.29, 0.717) is 5.75 Å². The third-order valence-corrected chi connectivity index (χ3v) is 7.24. The number of carbonyl (C=O) groups excluding carboxylic acids is 3. The molecule has 2 aliphatic rings. The molecule has 2 atom stereocenters. The molecule has 3 aromatic rings. The SMILES string of the molecule is COc1ccc(C[C@H]2C(=O)N(C)[C@@H](C)C(=O)N2C(=O)OCC2c3ccccc3-c3ccccc32)cc1. The number of piperazine rings is 1. The van der Waals surface area contributed by atoms with Crippen molar-refractivity contribution >= 4 is 17.9 Å². The molecule has 1 fully saturated rings. The number of hydrogen-bond donors (Lipinski definition) is 0. The van der Waals surface area contributed by atoms with Crippen molar-refractivity contribution in [2.75, 3.05) is 20.8 Å². The number of methoxy groups -OCH3 is 1. The zero-order valence-corrected chi connectivity index (χ0v) is 20.5. The number of rotatable bonds is 5. The Hall–Kier alpha value is -4.13. The van der Waals surface area contributed by atoms with E-state index in [1.807, 2.05) is 48.5 Å². The van der Waals surface area contributed by atoms with Gasteiger partial charge in [0.25, 0.3) is 5.91 Å². The Kier molecular flexibility index (Phi) is 6.22. The number of benzene rings is 3. The maximum absolute atomic E-state index is 13.4. The normalized spacial score (nSPS) is 19.2. The first-order valence-electron chi connectivity index (χ1n) is 12.0. The van der Waals surface area contributed by atoms with Crippen LogP contribution in [0.15, 0.2) is 72.8 Å². The first-order valence-corrected chi connectivity index (χ1v) is 12.0. The Morgan fingerprint density at radius 1 is 0.861 bits per heavy atom. The Labute approximate surface area is 210 Å². The smallest absolute Gasteiger partial charge is 0.417 e. The molecule has 3 amide bonds. The Morgan fingerprint density at radius 3 is 2.03 bits per heavy atom. The van der Waals surface area contributed by atoms with Gasteiger partial charge in [-0.15, -0.1) is 0 Å². The molecule has 1 heterocycles. The molecule has 0 unspecified atom stereocenters. The van der Waals surface area contributed by atoms with Gasteiger partial charge in [-0.1, -0.05) is 60.7 Å². The van der Waals surface area contributed by atoms with Crippen LogP contribution in [0.4, 0.5) is 4.79 Å². The van der Waals surface area contributed by atoms with Crippen molar-refractivity contribution < 1.29 is 23.9 Å². The zero-order chi connectivity index (χ0) is 25.4. The summed E-state index contributed by atoms with van der Waals surface area (Å²) in [5.74, 6) is -0.208. The predicted molar refractivity (Wildman–Crippen MR) is 135 cm³/mol. The van der Waals surface area contributed by atoms with Crippen molar-refractivity contribution in [3.63, 3.8) is 0 Å². The van der Waals surface area contributed by atoms with Gasteiger partial charge in [-0.05, 0) is 46.9 Å². The monoisotopic (exact) mass is 484 g/mol. The highest BCUT2D eigenvalue weighted by atomic mass is 16.6. The van der Waals surface area contributed by atoms with Gasteiger partial charge in [-0.25, -0.2) is 9.69 Å². The summed E-state index contributed by atoms with van der Waals surface area (Å²) in [5.41, 5.74) is 5.20. The number of fused-ring (bicyclic) bond motifs is 3. The van der Waals surface area contributed by atoms with Gasteiger partial charge in [0.1, 0.15) is 24.4 Å². The molecule has 5 rings (SSSR count). The number of carbonyl (C=O) groups is 3. The fourth-order valence-electron chi connectivity index (χ4n) is 5.10. The molecule has 0 spiro atoms. The third kappa shape index (κ3) is 4.00. The van der Waals surface area contributed by atoms with Crippen molar-refractivity contribution in [2.24, 2.45) is 0 Å². The standard InChI is InChI=1S/C29H28N2O5/c1-18-27(32)31(26(28(33)30(18)2)16-19-12-14-20(35-3)15-13-19)29(34)36-17-25-23-10-6-4-8-21(23)22-9-5-7-11-24(22)25/h4-15,18,25-26H,16-17H2,1-3H3/t18-,26-/m0/s1. The number of hydrogen-bond acceptors (Lipinski definition) is 5. The van der Waals surface area contributed by atoms with E-state index in [0.717, 1.165) is 32.7 Å². The Balaban J connectivity index is 1.39. The predicted octanol–water partition coefficient (Wildman–Crippen LogP) is 4.24. The summed E-state index contributed by atoms with van der Waals surface area (Å²) >= 11 is 0. The second-order valence-corrected chi connectivity index (χ2v) is 9.21. The van der Waals surface area contributed by atoms with Gasteiger partial charge in [0.05, 0.1) is 7.11 Å². The van der Waals surface area contributed by atoms with Gasteiger partial charge in [0, 0.05) is 19.4 Å². The van der Waals surface area contributed by atoms with Crippen LogP contribution < -0.4 is 4.74 Å². The van der Waals surface area contributed by atoms with Gasteiger partial charge in [0.15, 0.2) is 0 Å². The van der Waals surface area contributed by atoms with E-state index in [4.69, 9.17) is 9.47 Å². The molecular weight excluding hydrogens is 456 g/mol. The molecule has 3 aromatic carbocycles. The quantitative estimate of drug-likeness (QED) is 0.541. The van der Waals surface area contributed by atoms with Crippen LogP contribution in [0.2, 0.25) is 0 Å². The van der Waals surface area contributed by atoms with Crippen molar-refractivity contribution in [3.8, 4) is 16.9 Å². The fourth-order valence-corrected chi connectivity index (χ4v) is 5.10. The van der Waals surface area contributed by atoms with Gasteiger partial charge < -0.3 is 14.4 Å². The van der Waals surface area contributed by atoms with E-state index in [-0.39, 0.29) is 24.9 Å². The van der Waals surface area contributed by atoms with Crippen LogP contribution in [0.5, 0.6) is 5.75 Å². The van der Waals surface area contributed by atoms with Gasteiger partial charge in [-0.3, -0.25) is 9.59 Å². The Bertz CT molecular complexity index is 1270. The van der Waals surface area contributed by atoms with Gasteiger partial charge >= 0.3 is 6.09 Å². The molecule has 1 aliphatic carbocycles. The lowest BCUT2D eigenvalue weighted by Gasteiger charge is -2.40. The summed E-state index contributed by atoms with van der Waals surface area (Å²) in [4.78, 5) is 42.2. The van der Waals surface area contributed by atoms with Crippen LogP contribution in [0.3, 0.4) is 0 Å². The molecule has 1 saturated heterocycles. The number of amides is 3. The lowest BCUT2D eigenvalue weighted by Crippen LogP contribution is -2.65. The third-order valence-electron chi connectivity index (χ3n) is 7.24. The van der Waals surface area contributed by atoms with Crippen LogP contribution in [-0.2, 0) is 20.7 Å². The van der Waals surface area contributed by atoms with E-state index >= 15 is 0 Å². The van der Waals surface area contributed by atoms with Gasteiger partial charge in [0.2, 0.25) is 5.91 Å². The molecule has 0 N–H and O–H groups in total. The van der Waals surface area contributed by atoms with E-state index in [2.05, 4.69) is 12.1 Å². The van der Waals surface area contributed by atoms with Crippen molar-refractivity contribution in [1.82, 2.24) is 9.80 Å². The maximum atomic E-state index is 13.4. The summed E-state index contributed by atoms with van der Waals surface area (Å²) < 4.78 is 11.0. The Morgan fingerprint density at radius 2 is 1.44 bits per heavy atom. The molecule has 1 aliphatic heterocycles. The lowest BCUT2D eigenvalue weighted by molar-refractivity contribution is -0.157. The van der Waals surface area contributed by atoms with Crippen LogP contribution in [0.25, 0.3) is 11.1 Å². The van der Waals surface area contributed by atoms with E-state index < -0.39 is 24.1 Å². The van der Waals surface area contributed by atoms with Crippen molar-refractivity contribution in [1.29, 1.82) is 0 Å². The highest BCUT2D eigenvalue weighted by Gasteiger charge is 2.46. The molecule has 0 aromatic heterocycles. The highest BCUT2D eigenvalue weighted by Crippen LogP contribution is 2.44. The molecular formula is C29H28N2O5. The molecule has 0 radical (unpaired) electrons. The van der Waals surface area contributed by atoms with Crippen molar-refractivity contribution in [3.05, 3.63) is 89.5 Å². The molecule has 184 valence electrons. The minimum atomic E-state index is -0.984. The lowest BCUT2D eigenvalue weighted by atomic mass is 9.98. The second-order valence-electron chi connectivity index (χ2n) is 9.21. The largest absolute Gasteiger partial charge is 0.497 e. The van der Waals surface area contributed by atoms with Crippen LogP contribution in [0, 0.1) is 0 Å². The highest BCUT2D eigenvalue weighted by molar-refractivity contribution is 6.04. The molecule has 7 heteroatoms. The number of imide groups is 1. The molecule has 36 heavy (non-hydrogen) atoms. The van der Waals surface area contributed by atoms with E-state index in [9.17, 15) is 14.4 Å². The number of nitrogens with zero attached hydrogens (tertiary/aromatic N) is 2. The number of ether oxygens (including phenoxy) is 2. The molecule has 7 nitrogen and oxygen atoms in total. The topological polar surface area (TPSA) is 76.2 Å². The average molecular weight is 485 g/mol. The summed E-state index contributed by atoms with van der Waals surface area (Å²) in [6.07, 6.45) is -0.607. The maximum Gasteiger partial charge on any atom is 0.417 e. The van der Waals surface area contributed by atoms with Crippen LogP contribution in [-0.4, -0.2) is 60.6 Å². The minimum absolute atomic E-state index is 0.0737. The first-order chi connectivity index (χ1) is 17.4. The number of likely N-dealkylation sites (N-methyl/N-ethyl adjacent to an activating group) is 1. The summed E-state index contributed by atoms with van der Waals surface area (Å²) in [6, 6.07) is 21.6. The molecule has 0 bridgehead atoms. The fraction of sp³-hybridized carbons (Fsp3) is 0.276. The average Bonchev–Trinajstić information content (AvgIpc) is 3.23. The summed E-state index contributed by atoms with van der Waals surface area (Å²) in [5, 5.41) is 0.